The van der Waals surface area contributed by atoms with Gasteiger partial charge in [0, 0.05) is 29.4 Å². The molecule has 1 aromatic carbocycles. The van der Waals surface area contributed by atoms with Gasteiger partial charge in [0.05, 0.1) is 5.75 Å². The zero-order valence-electron chi connectivity index (χ0n) is 12.1. The van der Waals surface area contributed by atoms with Gasteiger partial charge < -0.3 is 5.73 Å². The van der Waals surface area contributed by atoms with Crippen molar-refractivity contribution < 1.29 is 8.42 Å². The number of thioether (sulfide) groups is 1. The standard InChI is InChI=1S/C15H22N2O2S2/c16-14-4-6-15(7-5-14)20-8-9-21(18,19)17-10-12-2-1-3-13(12)11-17/h4-7,12-13H,1-3,8-11,16H2. The predicted molar refractivity (Wildman–Crippen MR) is 87.8 cm³/mol. The molecule has 4 nitrogen and oxygen atoms in total. The Morgan fingerprint density at radius 1 is 1.14 bits per heavy atom. The van der Waals surface area contributed by atoms with Crippen molar-refractivity contribution in [2.75, 3.05) is 30.3 Å². The third-order valence-electron chi connectivity index (χ3n) is 4.58. The number of hydrogen-bond donors (Lipinski definition) is 1. The van der Waals surface area contributed by atoms with Crippen LogP contribution in [0.3, 0.4) is 0 Å². The summed E-state index contributed by atoms with van der Waals surface area (Å²) < 4.78 is 26.5. The fourth-order valence-corrected chi connectivity index (χ4v) is 6.21. The summed E-state index contributed by atoms with van der Waals surface area (Å²) in [4.78, 5) is 1.07. The largest absolute Gasteiger partial charge is 0.399 e. The lowest BCUT2D eigenvalue weighted by Gasteiger charge is -2.17. The zero-order chi connectivity index (χ0) is 14.9. The highest BCUT2D eigenvalue weighted by atomic mass is 32.2. The fraction of sp³-hybridized carbons (Fsp3) is 0.600. The number of hydrogen-bond acceptors (Lipinski definition) is 4. The molecule has 1 aromatic rings. The maximum Gasteiger partial charge on any atom is 0.214 e. The summed E-state index contributed by atoms with van der Waals surface area (Å²) in [7, 11) is -3.09. The van der Waals surface area contributed by atoms with Gasteiger partial charge in [-0.25, -0.2) is 12.7 Å². The van der Waals surface area contributed by atoms with Gasteiger partial charge in [0.15, 0.2) is 0 Å². The quantitative estimate of drug-likeness (QED) is 0.667. The van der Waals surface area contributed by atoms with Crippen LogP contribution in [0.15, 0.2) is 29.2 Å². The average Bonchev–Trinajstić information content (AvgIpc) is 3.02. The molecule has 6 heteroatoms. The lowest BCUT2D eigenvalue weighted by Crippen LogP contribution is -2.32. The molecule has 116 valence electrons. The maximum atomic E-state index is 12.4. The van der Waals surface area contributed by atoms with Crippen LogP contribution < -0.4 is 5.73 Å². The first-order valence-electron chi connectivity index (χ1n) is 7.51. The summed E-state index contributed by atoms with van der Waals surface area (Å²) in [6.07, 6.45) is 3.68. The summed E-state index contributed by atoms with van der Waals surface area (Å²) in [5, 5.41) is 0. The van der Waals surface area contributed by atoms with Gasteiger partial charge in [-0.05, 0) is 48.9 Å². The van der Waals surface area contributed by atoms with E-state index in [9.17, 15) is 8.42 Å². The SMILES string of the molecule is Nc1ccc(SCCS(=O)(=O)N2CC3CCCC3C2)cc1. The average molecular weight is 326 g/mol. The van der Waals surface area contributed by atoms with Gasteiger partial charge >= 0.3 is 0 Å². The Morgan fingerprint density at radius 2 is 1.76 bits per heavy atom. The molecule has 1 saturated carbocycles. The summed E-state index contributed by atoms with van der Waals surface area (Å²) in [6.45, 7) is 1.50. The summed E-state index contributed by atoms with van der Waals surface area (Å²) >= 11 is 1.57. The van der Waals surface area contributed by atoms with Gasteiger partial charge in [-0.3, -0.25) is 0 Å². The summed E-state index contributed by atoms with van der Waals surface area (Å²) in [5.41, 5.74) is 6.37. The second-order valence-electron chi connectivity index (χ2n) is 6.00. The van der Waals surface area contributed by atoms with Crippen molar-refractivity contribution in [1.82, 2.24) is 4.31 Å². The Bertz CT molecular complexity index is 574. The Balaban J connectivity index is 1.51. The van der Waals surface area contributed by atoms with E-state index in [1.54, 1.807) is 16.1 Å². The minimum absolute atomic E-state index is 0.224. The topological polar surface area (TPSA) is 63.4 Å². The van der Waals surface area contributed by atoms with E-state index in [1.165, 1.54) is 19.3 Å². The van der Waals surface area contributed by atoms with E-state index in [-0.39, 0.29) is 5.75 Å². The van der Waals surface area contributed by atoms with Crippen molar-refractivity contribution in [2.45, 2.75) is 24.2 Å². The number of nitrogen functional groups attached to an aromatic ring is 1. The first-order chi connectivity index (χ1) is 10.0. The van der Waals surface area contributed by atoms with Gasteiger partial charge in [-0.1, -0.05) is 6.42 Å². The molecular weight excluding hydrogens is 304 g/mol. The number of benzene rings is 1. The van der Waals surface area contributed by atoms with E-state index in [0.717, 1.165) is 23.7 Å². The van der Waals surface area contributed by atoms with Crippen LogP contribution in [0.4, 0.5) is 5.69 Å². The molecule has 2 unspecified atom stereocenters. The smallest absolute Gasteiger partial charge is 0.214 e. The van der Waals surface area contributed by atoms with E-state index in [0.29, 0.717) is 17.6 Å². The molecule has 0 radical (unpaired) electrons. The van der Waals surface area contributed by atoms with Crippen molar-refractivity contribution in [3.8, 4) is 0 Å². The molecule has 0 bridgehead atoms. The maximum absolute atomic E-state index is 12.4. The van der Waals surface area contributed by atoms with Crippen molar-refractivity contribution >= 4 is 27.5 Å². The fourth-order valence-electron chi connectivity index (χ4n) is 3.38. The van der Waals surface area contributed by atoms with Crippen molar-refractivity contribution in [1.29, 1.82) is 0 Å². The molecule has 1 heterocycles. The van der Waals surface area contributed by atoms with Crippen LogP contribution in [0.1, 0.15) is 19.3 Å². The highest BCUT2D eigenvalue weighted by Crippen LogP contribution is 2.38. The van der Waals surface area contributed by atoms with Crippen LogP contribution in [0, 0.1) is 11.8 Å². The second kappa shape index (κ2) is 6.18. The Labute approximate surface area is 131 Å². The molecule has 1 saturated heterocycles. The third-order valence-corrected chi connectivity index (χ3v) is 7.65. The third kappa shape index (κ3) is 3.55. The minimum atomic E-state index is -3.09. The molecule has 1 aliphatic heterocycles. The number of fused-ring (bicyclic) bond motifs is 1. The molecule has 0 spiro atoms. The van der Waals surface area contributed by atoms with E-state index in [2.05, 4.69) is 0 Å². The van der Waals surface area contributed by atoms with Gasteiger partial charge in [0.1, 0.15) is 0 Å². The minimum Gasteiger partial charge on any atom is -0.399 e. The van der Waals surface area contributed by atoms with Crippen LogP contribution in [-0.4, -0.2) is 37.3 Å². The van der Waals surface area contributed by atoms with Crippen LogP contribution in [0.25, 0.3) is 0 Å². The van der Waals surface area contributed by atoms with E-state index in [4.69, 9.17) is 5.73 Å². The van der Waals surface area contributed by atoms with Gasteiger partial charge in [0.2, 0.25) is 10.0 Å². The summed E-state index contributed by atoms with van der Waals surface area (Å²) in [6, 6.07) is 7.57. The van der Waals surface area contributed by atoms with E-state index in [1.807, 2.05) is 24.3 Å². The molecule has 2 N–H and O–H groups in total. The van der Waals surface area contributed by atoms with Crippen molar-refractivity contribution in [3.05, 3.63) is 24.3 Å². The lowest BCUT2D eigenvalue weighted by molar-refractivity contribution is 0.446. The first-order valence-corrected chi connectivity index (χ1v) is 10.1. The van der Waals surface area contributed by atoms with Gasteiger partial charge in [-0.15, -0.1) is 11.8 Å². The number of nitrogens with two attached hydrogens (primary N) is 1. The molecule has 21 heavy (non-hydrogen) atoms. The van der Waals surface area contributed by atoms with Gasteiger partial charge in [-0.2, -0.15) is 0 Å². The second-order valence-corrected chi connectivity index (χ2v) is 9.26. The molecule has 3 rings (SSSR count). The number of sulfonamides is 1. The zero-order valence-corrected chi connectivity index (χ0v) is 13.7. The molecular formula is C15H22N2O2S2. The monoisotopic (exact) mass is 326 g/mol. The Hall–Kier alpha value is -0.720. The van der Waals surface area contributed by atoms with Crippen molar-refractivity contribution in [2.24, 2.45) is 11.8 Å². The molecule has 1 aliphatic carbocycles. The van der Waals surface area contributed by atoms with Gasteiger partial charge in [0.25, 0.3) is 0 Å². The van der Waals surface area contributed by atoms with E-state index < -0.39 is 10.0 Å². The predicted octanol–water partition coefficient (Wildman–Crippen LogP) is 2.42. The molecule has 2 aliphatic rings. The van der Waals surface area contributed by atoms with Crippen molar-refractivity contribution in [3.63, 3.8) is 0 Å². The highest BCUT2D eigenvalue weighted by molar-refractivity contribution is 8.00. The normalized spacial score (nSPS) is 26.1. The Morgan fingerprint density at radius 3 is 2.38 bits per heavy atom. The number of anilines is 1. The molecule has 2 atom stereocenters. The molecule has 0 aromatic heterocycles. The lowest BCUT2D eigenvalue weighted by atomic mass is 10.0. The number of rotatable bonds is 5. The number of nitrogens with zero attached hydrogens (tertiary/aromatic N) is 1. The Kier molecular flexibility index (Phi) is 4.47. The highest BCUT2D eigenvalue weighted by Gasteiger charge is 2.40. The summed E-state index contributed by atoms with van der Waals surface area (Å²) in [5.74, 6) is 2.05. The molecule has 0 amide bonds. The van der Waals surface area contributed by atoms with Crippen LogP contribution in [0.5, 0.6) is 0 Å². The molecule has 2 fully saturated rings. The van der Waals surface area contributed by atoms with E-state index >= 15 is 0 Å². The van der Waals surface area contributed by atoms with Crippen LogP contribution in [-0.2, 0) is 10.0 Å². The van der Waals surface area contributed by atoms with Crippen LogP contribution in [0.2, 0.25) is 0 Å². The van der Waals surface area contributed by atoms with Crippen LogP contribution >= 0.6 is 11.8 Å². The first kappa shape index (κ1) is 15.2.